The second-order valence-electron chi connectivity index (χ2n) is 4.34. The molecule has 0 bridgehead atoms. The topological polar surface area (TPSA) is 41.6 Å². The van der Waals surface area contributed by atoms with E-state index in [4.69, 9.17) is 4.74 Å². The predicted octanol–water partition coefficient (Wildman–Crippen LogP) is 2.27. The monoisotopic (exact) mass is 302 g/mol. The van der Waals surface area contributed by atoms with Gasteiger partial charge in [-0.15, -0.1) is 0 Å². The van der Waals surface area contributed by atoms with Gasteiger partial charge >= 0.3 is 0 Å². The first kappa shape index (κ1) is 15.2. The van der Waals surface area contributed by atoms with Crippen molar-refractivity contribution in [2.45, 2.75) is 10.7 Å². The van der Waals surface area contributed by atoms with Gasteiger partial charge in [0.2, 0.25) is 5.91 Å². The third kappa shape index (κ3) is 5.07. The van der Waals surface area contributed by atoms with Gasteiger partial charge in [-0.3, -0.25) is 9.69 Å². The highest BCUT2D eigenvalue weighted by molar-refractivity contribution is 7.99. The highest BCUT2D eigenvalue weighted by Crippen LogP contribution is 2.26. The van der Waals surface area contributed by atoms with Crippen molar-refractivity contribution in [3.63, 3.8) is 0 Å². The summed E-state index contributed by atoms with van der Waals surface area (Å²) in [6.45, 7) is 3.10. The fourth-order valence-corrected chi connectivity index (χ4v) is 2.38. The van der Waals surface area contributed by atoms with Crippen molar-refractivity contribution >= 4 is 23.4 Å². The minimum absolute atomic E-state index is 0.110. The summed E-state index contributed by atoms with van der Waals surface area (Å²) in [7, 11) is 0. The van der Waals surface area contributed by atoms with Crippen molar-refractivity contribution < 1.29 is 18.3 Å². The zero-order valence-corrected chi connectivity index (χ0v) is 11.7. The van der Waals surface area contributed by atoms with Crippen LogP contribution in [-0.2, 0) is 9.53 Å². The number of nitrogens with zero attached hydrogens (tertiary/aromatic N) is 1. The third-order valence-electron chi connectivity index (χ3n) is 2.83. The van der Waals surface area contributed by atoms with E-state index in [9.17, 15) is 13.6 Å². The Bertz CT molecular complexity index is 437. The van der Waals surface area contributed by atoms with Crippen molar-refractivity contribution in [1.29, 1.82) is 0 Å². The Kier molecular flexibility index (Phi) is 5.75. The molecule has 1 aromatic rings. The third-order valence-corrected chi connectivity index (χ3v) is 3.56. The van der Waals surface area contributed by atoms with E-state index < -0.39 is 5.76 Å². The molecule has 1 aliphatic heterocycles. The molecule has 1 heterocycles. The van der Waals surface area contributed by atoms with Crippen LogP contribution in [0.25, 0.3) is 0 Å². The molecule has 1 saturated heterocycles. The molecule has 1 aliphatic rings. The minimum atomic E-state index is -2.43. The lowest BCUT2D eigenvalue weighted by molar-refractivity contribution is -0.118. The summed E-state index contributed by atoms with van der Waals surface area (Å²) >= 11 is 0.486. The lowest BCUT2D eigenvalue weighted by Gasteiger charge is -2.25. The van der Waals surface area contributed by atoms with Crippen molar-refractivity contribution in [3.8, 4) is 0 Å². The van der Waals surface area contributed by atoms with Crippen LogP contribution >= 0.6 is 11.8 Å². The number of alkyl halides is 2. The lowest BCUT2D eigenvalue weighted by atomic mass is 10.3. The van der Waals surface area contributed by atoms with Gasteiger partial charge in [-0.25, -0.2) is 0 Å². The summed E-state index contributed by atoms with van der Waals surface area (Å²) in [5, 5.41) is 2.75. The van der Waals surface area contributed by atoms with Gasteiger partial charge in [0.15, 0.2) is 0 Å². The van der Waals surface area contributed by atoms with E-state index in [0.717, 1.165) is 13.1 Å². The van der Waals surface area contributed by atoms with E-state index in [1.807, 2.05) is 4.90 Å². The number of carbonyl (C=O) groups excluding carboxylic acids is 1. The smallest absolute Gasteiger partial charge is 0.288 e. The summed E-state index contributed by atoms with van der Waals surface area (Å²) in [6, 6.07) is 6.40. The van der Waals surface area contributed by atoms with E-state index in [1.54, 1.807) is 24.3 Å². The molecule has 0 aliphatic carbocycles. The van der Waals surface area contributed by atoms with Crippen LogP contribution in [0.5, 0.6) is 0 Å². The summed E-state index contributed by atoms with van der Waals surface area (Å²) in [5.74, 6) is -2.54. The number of rotatable bonds is 5. The zero-order chi connectivity index (χ0) is 14.4. The Morgan fingerprint density at radius 1 is 1.30 bits per heavy atom. The molecule has 1 fully saturated rings. The zero-order valence-electron chi connectivity index (χ0n) is 10.9. The minimum Gasteiger partial charge on any atom is -0.379 e. The van der Waals surface area contributed by atoms with Gasteiger partial charge in [0.05, 0.1) is 19.8 Å². The first-order valence-electron chi connectivity index (χ1n) is 6.28. The molecule has 1 amide bonds. The van der Waals surface area contributed by atoms with E-state index in [0.29, 0.717) is 42.1 Å². The van der Waals surface area contributed by atoms with E-state index in [-0.39, 0.29) is 5.91 Å². The van der Waals surface area contributed by atoms with Gasteiger partial charge in [0, 0.05) is 23.7 Å². The molecule has 0 saturated carbocycles. The first-order chi connectivity index (χ1) is 9.63. The largest absolute Gasteiger partial charge is 0.379 e. The van der Waals surface area contributed by atoms with Crippen LogP contribution in [0.1, 0.15) is 0 Å². The predicted molar refractivity (Wildman–Crippen MR) is 74.2 cm³/mol. The number of amides is 1. The van der Waals surface area contributed by atoms with Crippen LogP contribution in [0, 0.1) is 0 Å². The molecular weight excluding hydrogens is 286 g/mol. The van der Waals surface area contributed by atoms with E-state index in [2.05, 4.69) is 5.32 Å². The number of ether oxygens (including phenoxy) is 1. The summed E-state index contributed by atoms with van der Waals surface area (Å²) < 4.78 is 29.5. The quantitative estimate of drug-likeness (QED) is 0.847. The molecule has 0 radical (unpaired) electrons. The number of benzene rings is 1. The molecule has 0 aromatic heterocycles. The summed E-state index contributed by atoms with van der Waals surface area (Å²) in [4.78, 5) is 14.3. The lowest BCUT2D eigenvalue weighted by Crippen LogP contribution is -2.41. The molecule has 7 heteroatoms. The van der Waals surface area contributed by atoms with Crippen LogP contribution in [0.4, 0.5) is 14.5 Å². The molecule has 4 nitrogen and oxygen atoms in total. The Labute approximate surface area is 120 Å². The maximum atomic E-state index is 12.2. The molecule has 2 rings (SSSR count). The number of anilines is 1. The Morgan fingerprint density at radius 2 is 1.95 bits per heavy atom. The molecule has 0 spiro atoms. The summed E-state index contributed by atoms with van der Waals surface area (Å²) in [5.41, 5.74) is 0.613. The fraction of sp³-hybridized carbons (Fsp3) is 0.462. The van der Waals surface area contributed by atoms with Gasteiger partial charge in [0.25, 0.3) is 5.76 Å². The van der Waals surface area contributed by atoms with E-state index in [1.165, 1.54) is 0 Å². The van der Waals surface area contributed by atoms with Crippen LogP contribution in [0.15, 0.2) is 29.2 Å². The van der Waals surface area contributed by atoms with Crippen molar-refractivity contribution in [2.75, 3.05) is 38.2 Å². The average molecular weight is 302 g/mol. The number of hydrogen-bond donors (Lipinski definition) is 1. The maximum absolute atomic E-state index is 12.2. The van der Waals surface area contributed by atoms with Gasteiger partial charge < -0.3 is 10.1 Å². The van der Waals surface area contributed by atoms with Gasteiger partial charge in [-0.05, 0) is 24.3 Å². The van der Waals surface area contributed by atoms with Crippen LogP contribution in [0.2, 0.25) is 0 Å². The van der Waals surface area contributed by atoms with E-state index >= 15 is 0 Å². The van der Waals surface area contributed by atoms with Crippen LogP contribution < -0.4 is 5.32 Å². The Balaban J connectivity index is 1.81. The van der Waals surface area contributed by atoms with Crippen molar-refractivity contribution in [2.24, 2.45) is 0 Å². The number of thioether (sulfide) groups is 1. The number of morpholine rings is 1. The fourth-order valence-electron chi connectivity index (χ4n) is 1.88. The highest BCUT2D eigenvalue weighted by atomic mass is 32.2. The maximum Gasteiger partial charge on any atom is 0.288 e. The Hall–Kier alpha value is -1.18. The molecule has 20 heavy (non-hydrogen) atoms. The molecule has 0 unspecified atom stereocenters. The first-order valence-corrected chi connectivity index (χ1v) is 7.16. The Morgan fingerprint density at radius 3 is 2.55 bits per heavy atom. The molecular formula is C13H16F2N2O2S. The van der Waals surface area contributed by atoms with Crippen molar-refractivity contribution in [3.05, 3.63) is 24.3 Å². The highest BCUT2D eigenvalue weighted by Gasteiger charge is 2.14. The normalized spacial score (nSPS) is 16.4. The summed E-state index contributed by atoms with van der Waals surface area (Å²) in [6.07, 6.45) is 0. The number of halogens is 2. The number of carbonyl (C=O) groups is 1. The number of hydrogen-bond acceptors (Lipinski definition) is 4. The van der Waals surface area contributed by atoms with Gasteiger partial charge in [-0.1, -0.05) is 11.8 Å². The van der Waals surface area contributed by atoms with Crippen LogP contribution in [-0.4, -0.2) is 49.4 Å². The standard InChI is InChI=1S/C13H16F2N2O2S/c14-13(15)20-11-3-1-10(2-4-11)16-12(18)9-17-5-7-19-8-6-17/h1-4,13H,5-9H2,(H,16,18). The number of nitrogens with one attached hydrogen (secondary N) is 1. The van der Waals surface area contributed by atoms with Crippen molar-refractivity contribution in [1.82, 2.24) is 4.90 Å². The van der Waals surface area contributed by atoms with Gasteiger partial charge in [0.1, 0.15) is 0 Å². The molecule has 1 N–H and O–H groups in total. The molecule has 110 valence electrons. The second-order valence-corrected chi connectivity index (χ2v) is 5.40. The van der Waals surface area contributed by atoms with Crippen LogP contribution in [0.3, 0.4) is 0 Å². The molecule has 0 atom stereocenters. The SMILES string of the molecule is O=C(CN1CCOCC1)Nc1ccc(SC(F)F)cc1. The molecule has 1 aromatic carbocycles. The average Bonchev–Trinajstić information content (AvgIpc) is 2.41. The second kappa shape index (κ2) is 7.56. The van der Waals surface area contributed by atoms with Gasteiger partial charge in [-0.2, -0.15) is 8.78 Å².